The Kier molecular flexibility index (Phi) is 9.83. The smallest absolute Gasteiger partial charge is 0.230 e. The van der Waals surface area contributed by atoms with Gasteiger partial charge in [0.05, 0.1) is 12.0 Å². The minimum Gasteiger partial charge on any atom is -0.357 e. The first-order valence-corrected chi connectivity index (χ1v) is 9.96. The lowest BCUT2D eigenvalue weighted by Gasteiger charge is -2.29. The SMILES string of the molecule is CCNC(=NCC1(C(=O)N(C)C)CCCC1)NC1CCN(C(=O)CC)C1.I. The minimum atomic E-state index is -0.355. The van der Waals surface area contributed by atoms with Gasteiger partial charge in [0.25, 0.3) is 0 Å². The quantitative estimate of drug-likeness (QED) is 0.336. The normalized spacial score (nSPS) is 21.6. The number of carbonyl (C=O) groups excluding carboxylic acids is 2. The number of guanidine groups is 1. The standard InChI is InChI=1S/C19H35N5O2.HI/c1-5-16(25)24-12-9-15(13-24)22-18(20-6-2)21-14-19(10-7-8-11-19)17(26)23(3)4;/h15H,5-14H2,1-4H3,(H2,20,21,22);1H. The Balaban J connectivity index is 0.00000364. The average Bonchev–Trinajstić information content (AvgIpc) is 3.28. The van der Waals surface area contributed by atoms with E-state index in [0.29, 0.717) is 13.0 Å². The number of rotatable bonds is 6. The first-order valence-electron chi connectivity index (χ1n) is 9.96. The predicted octanol–water partition coefficient (Wildman–Crippen LogP) is 1.82. The first kappa shape index (κ1) is 24.0. The molecule has 1 atom stereocenters. The fourth-order valence-electron chi connectivity index (χ4n) is 4.04. The van der Waals surface area contributed by atoms with E-state index in [2.05, 4.69) is 10.6 Å². The summed E-state index contributed by atoms with van der Waals surface area (Å²) in [4.78, 5) is 32.9. The van der Waals surface area contributed by atoms with Gasteiger partial charge in [0.2, 0.25) is 11.8 Å². The molecular weight excluding hydrogens is 457 g/mol. The largest absolute Gasteiger partial charge is 0.357 e. The Morgan fingerprint density at radius 1 is 1.22 bits per heavy atom. The molecule has 0 spiro atoms. The lowest BCUT2D eigenvalue weighted by atomic mass is 9.85. The zero-order valence-corrected chi connectivity index (χ0v) is 19.5. The molecule has 1 saturated carbocycles. The van der Waals surface area contributed by atoms with Gasteiger partial charge < -0.3 is 20.4 Å². The van der Waals surface area contributed by atoms with Gasteiger partial charge in [-0.1, -0.05) is 19.8 Å². The molecular formula is C19H36IN5O2. The van der Waals surface area contributed by atoms with E-state index in [1.165, 1.54) is 0 Å². The summed E-state index contributed by atoms with van der Waals surface area (Å²) in [5, 5.41) is 6.74. The van der Waals surface area contributed by atoms with Crippen LogP contribution in [0.5, 0.6) is 0 Å². The van der Waals surface area contributed by atoms with Crippen molar-refractivity contribution in [1.29, 1.82) is 0 Å². The summed E-state index contributed by atoms with van der Waals surface area (Å²) >= 11 is 0. The number of hydrogen-bond acceptors (Lipinski definition) is 3. The zero-order chi connectivity index (χ0) is 19.2. The van der Waals surface area contributed by atoms with Crippen molar-refractivity contribution in [3.8, 4) is 0 Å². The van der Waals surface area contributed by atoms with Crippen molar-refractivity contribution in [2.45, 2.75) is 58.4 Å². The van der Waals surface area contributed by atoms with Gasteiger partial charge in [-0.2, -0.15) is 0 Å². The molecule has 2 N–H and O–H groups in total. The predicted molar refractivity (Wildman–Crippen MR) is 119 cm³/mol. The van der Waals surface area contributed by atoms with Gasteiger partial charge in [0.15, 0.2) is 5.96 Å². The molecule has 1 aliphatic heterocycles. The van der Waals surface area contributed by atoms with Crippen LogP contribution in [0.1, 0.15) is 52.4 Å². The summed E-state index contributed by atoms with van der Waals surface area (Å²) in [5.41, 5.74) is -0.355. The van der Waals surface area contributed by atoms with Crippen LogP contribution >= 0.6 is 24.0 Å². The van der Waals surface area contributed by atoms with Gasteiger partial charge in [-0.05, 0) is 26.2 Å². The average molecular weight is 493 g/mol. The molecule has 1 unspecified atom stereocenters. The molecule has 1 heterocycles. The summed E-state index contributed by atoms with van der Waals surface area (Å²) in [6.07, 6.45) is 5.49. The number of nitrogens with zero attached hydrogens (tertiary/aromatic N) is 3. The van der Waals surface area contributed by atoms with Crippen LogP contribution in [0.15, 0.2) is 4.99 Å². The van der Waals surface area contributed by atoms with Gasteiger partial charge in [-0.15, -0.1) is 24.0 Å². The number of amides is 2. The van der Waals surface area contributed by atoms with E-state index in [1.807, 2.05) is 32.8 Å². The lowest BCUT2D eigenvalue weighted by molar-refractivity contribution is -0.138. The third-order valence-corrected chi connectivity index (χ3v) is 5.49. The van der Waals surface area contributed by atoms with Crippen LogP contribution in [-0.4, -0.2) is 73.9 Å². The summed E-state index contributed by atoms with van der Waals surface area (Å²) in [6, 6.07) is 0.215. The van der Waals surface area contributed by atoms with Crippen molar-refractivity contribution >= 4 is 41.8 Å². The third kappa shape index (κ3) is 6.22. The van der Waals surface area contributed by atoms with Crippen LogP contribution in [0, 0.1) is 5.41 Å². The van der Waals surface area contributed by atoms with Gasteiger partial charge >= 0.3 is 0 Å². The number of likely N-dealkylation sites (tertiary alicyclic amines) is 1. The second-order valence-electron chi connectivity index (χ2n) is 7.71. The number of carbonyl (C=O) groups is 2. The van der Waals surface area contributed by atoms with Gasteiger partial charge in [-0.25, -0.2) is 0 Å². The van der Waals surface area contributed by atoms with Crippen molar-refractivity contribution in [1.82, 2.24) is 20.4 Å². The fourth-order valence-corrected chi connectivity index (χ4v) is 4.04. The topological polar surface area (TPSA) is 77.0 Å². The molecule has 1 saturated heterocycles. The maximum absolute atomic E-state index is 12.7. The molecule has 2 amide bonds. The number of hydrogen-bond donors (Lipinski definition) is 2. The zero-order valence-electron chi connectivity index (χ0n) is 17.2. The van der Waals surface area contributed by atoms with Gasteiger partial charge in [0, 0.05) is 46.2 Å². The summed E-state index contributed by atoms with van der Waals surface area (Å²) in [6.45, 7) is 6.74. The Morgan fingerprint density at radius 2 is 1.89 bits per heavy atom. The van der Waals surface area contributed by atoms with Crippen molar-refractivity contribution in [3.05, 3.63) is 0 Å². The highest BCUT2D eigenvalue weighted by atomic mass is 127. The minimum absolute atomic E-state index is 0. The van der Waals surface area contributed by atoms with Crippen LogP contribution in [0.2, 0.25) is 0 Å². The summed E-state index contributed by atoms with van der Waals surface area (Å²) < 4.78 is 0. The molecule has 1 aliphatic carbocycles. The summed E-state index contributed by atoms with van der Waals surface area (Å²) in [7, 11) is 3.65. The highest BCUT2D eigenvalue weighted by Crippen LogP contribution is 2.39. The van der Waals surface area contributed by atoms with E-state index in [-0.39, 0.29) is 47.2 Å². The van der Waals surface area contributed by atoms with Crippen molar-refractivity contribution < 1.29 is 9.59 Å². The number of nitrogens with one attached hydrogen (secondary N) is 2. The Bertz CT molecular complexity index is 532. The lowest BCUT2D eigenvalue weighted by Crippen LogP contribution is -2.46. The third-order valence-electron chi connectivity index (χ3n) is 5.49. The molecule has 0 bridgehead atoms. The molecule has 0 radical (unpaired) electrons. The van der Waals surface area contributed by atoms with E-state index >= 15 is 0 Å². The first-order chi connectivity index (χ1) is 12.4. The van der Waals surface area contributed by atoms with E-state index in [4.69, 9.17) is 4.99 Å². The molecule has 2 rings (SSSR count). The van der Waals surface area contributed by atoms with E-state index in [9.17, 15) is 9.59 Å². The second kappa shape index (κ2) is 11.1. The Morgan fingerprint density at radius 3 is 2.44 bits per heavy atom. The highest BCUT2D eigenvalue weighted by Gasteiger charge is 2.42. The molecule has 2 aliphatic rings. The summed E-state index contributed by atoms with van der Waals surface area (Å²) in [5.74, 6) is 1.15. The number of halogens is 1. The Hall–Kier alpha value is -1.06. The van der Waals surface area contributed by atoms with Crippen LogP contribution in [0.25, 0.3) is 0 Å². The van der Waals surface area contributed by atoms with Crippen LogP contribution in [0.3, 0.4) is 0 Å². The molecule has 8 heteroatoms. The van der Waals surface area contributed by atoms with E-state index in [0.717, 1.165) is 57.7 Å². The molecule has 156 valence electrons. The monoisotopic (exact) mass is 493 g/mol. The molecule has 7 nitrogen and oxygen atoms in total. The molecule has 0 aromatic rings. The van der Waals surface area contributed by atoms with E-state index < -0.39 is 0 Å². The Labute approximate surface area is 180 Å². The van der Waals surface area contributed by atoms with Crippen LogP contribution in [0.4, 0.5) is 0 Å². The molecule has 0 aromatic heterocycles. The second-order valence-corrected chi connectivity index (χ2v) is 7.71. The molecule has 2 fully saturated rings. The van der Waals surface area contributed by atoms with E-state index in [1.54, 1.807) is 4.90 Å². The van der Waals surface area contributed by atoms with Gasteiger partial charge in [-0.3, -0.25) is 14.6 Å². The number of aliphatic imine (C=N–C) groups is 1. The highest BCUT2D eigenvalue weighted by molar-refractivity contribution is 14.0. The maximum Gasteiger partial charge on any atom is 0.230 e. The molecule has 27 heavy (non-hydrogen) atoms. The fraction of sp³-hybridized carbons (Fsp3) is 0.842. The van der Waals surface area contributed by atoms with Crippen LogP contribution < -0.4 is 10.6 Å². The van der Waals surface area contributed by atoms with Crippen molar-refractivity contribution in [2.75, 3.05) is 40.3 Å². The molecule has 0 aromatic carbocycles. The van der Waals surface area contributed by atoms with Crippen LogP contribution in [-0.2, 0) is 9.59 Å². The van der Waals surface area contributed by atoms with Crippen molar-refractivity contribution in [3.63, 3.8) is 0 Å². The maximum atomic E-state index is 12.7. The van der Waals surface area contributed by atoms with Crippen molar-refractivity contribution in [2.24, 2.45) is 10.4 Å². The van der Waals surface area contributed by atoms with Gasteiger partial charge in [0.1, 0.15) is 0 Å².